The number of nitrogens with zero attached hydrogens (tertiary/aromatic N) is 3. The Bertz CT molecular complexity index is 1490. The molecule has 0 bridgehead atoms. The van der Waals surface area contributed by atoms with Crippen LogP contribution in [0.3, 0.4) is 0 Å². The van der Waals surface area contributed by atoms with Gasteiger partial charge in [0.1, 0.15) is 17.5 Å². The van der Waals surface area contributed by atoms with Crippen LogP contribution in [0.25, 0.3) is 0 Å². The van der Waals surface area contributed by atoms with Crippen LogP contribution >= 0.6 is 0 Å². The van der Waals surface area contributed by atoms with Crippen LogP contribution in [0.2, 0.25) is 0 Å². The van der Waals surface area contributed by atoms with E-state index in [1.165, 1.54) is 41.8 Å². The number of carbonyl (C=O) groups is 1. The van der Waals surface area contributed by atoms with Crippen molar-refractivity contribution in [2.75, 3.05) is 26.7 Å². The maximum atomic E-state index is 13.6. The molecule has 3 aromatic rings. The largest absolute Gasteiger partial charge is 0.472 e. The fraction of sp³-hybridized carbons (Fsp3) is 0.310. The molecule has 1 aliphatic heterocycles. The predicted octanol–water partition coefficient (Wildman–Crippen LogP) is 3.16. The summed E-state index contributed by atoms with van der Waals surface area (Å²) in [5.41, 5.74) is 1.20. The molecule has 10 heteroatoms. The van der Waals surface area contributed by atoms with E-state index >= 15 is 0 Å². The van der Waals surface area contributed by atoms with Crippen LogP contribution in [0.5, 0.6) is 5.88 Å². The second kappa shape index (κ2) is 11.9. The SMILES string of the molecule is C[C@H](CO)N1C[C@H](C)[C@H](CN(C)S(=O)(=O)c2ccccc2)Oc2ncc(C#Cc3ccc(F)cc3)cc2C1=O. The minimum Gasteiger partial charge on any atom is -0.472 e. The molecule has 0 saturated heterocycles. The summed E-state index contributed by atoms with van der Waals surface area (Å²) in [7, 11) is -2.29. The van der Waals surface area contributed by atoms with Gasteiger partial charge in [-0.25, -0.2) is 17.8 Å². The summed E-state index contributed by atoms with van der Waals surface area (Å²) in [6.07, 6.45) is 0.827. The van der Waals surface area contributed by atoms with Crippen molar-refractivity contribution in [1.29, 1.82) is 0 Å². The van der Waals surface area contributed by atoms with E-state index in [4.69, 9.17) is 4.74 Å². The van der Waals surface area contributed by atoms with Gasteiger partial charge < -0.3 is 14.7 Å². The van der Waals surface area contributed by atoms with Gasteiger partial charge >= 0.3 is 0 Å². The van der Waals surface area contributed by atoms with Crippen LogP contribution in [0.4, 0.5) is 4.39 Å². The molecule has 0 fully saturated rings. The van der Waals surface area contributed by atoms with Crippen molar-refractivity contribution >= 4 is 15.9 Å². The number of hydrogen-bond donors (Lipinski definition) is 1. The quantitative estimate of drug-likeness (QED) is 0.473. The van der Waals surface area contributed by atoms with Gasteiger partial charge in [0.15, 0.2) is 0 Å². The summed E-state index contributed by atoms with van der Waals surface area (Å²) >= 11 is 0. The lowest BCUT2D eigenvalue weighted by atomic mass is 10.0. The highest BCUT2D eigenvalue weighted by atomic mass is 32.2. The molecule has 2 heterocycles. The van der Waals surface area contributed by atoms with Crippen LogP contribution in [-0.4, -0.2) is 72.5 Å². The summed E-state index contributed by atoms with van der Waals surface area (Å²) in [5.74, 6) is 4.89. The molecule has 4 rings (SSSR count). The highest BCUT2D eigenvalue weighted by Crippen LogP contribution is 2.28. The molecular formula is C29H30FN3O5S. The van der Waals surface area contributed by atoms with Gasteiger partial charge in [0.05, 0.1) is 24.1 Å². The summed E-state index contributed by atoms with van der Waals surface area (Å²) in [5, 5.41) is 9.85. The Morgan fingerprint density at radius 2 is 1.82 bits per heavy atom. The first-order valence-corrected chi connectivity index (χ1v) is 13.9. The minimum absolute atomic E-state index is 0.0151. The lowest BCUT2D eigenvalue weighted by molar-refractivity contribution is 0.0373. The van der Waals surface area contributed by atoms with Crippen LogP contribution in [0, 0.1) is 23.6 Å². The van der Waals surface area contributed by atoms with E-state index in [1.807, 2.05) is 6.92 Å². The molecule has 0 spiro atoms. The molecule has 1 aromatic heterocycles. The van der Waals surface area contributed by atoms with Gasteiger partial charge in [0.25, 0.3) is 5.91 Å². The third-order valence-corrected chi connectivity index (χ3v) is 8.44. The van der Waals surface area contributed by atoms with Gasteiger partial charge in [0, 0.05) is 36.8 Å². The molecular weight excluding hydrogens is 521 g/mol. The number of carbonyl (C=O) groups excluding carboxylic acids is 1. The second-order valence-electron chi connectivity index (χ2n) is 9.55. The van der Waals surface area contributed by atoms with Crippen molar-refractivity contribution < 1.29 is 27.4 Å². The molecule has 1 N–H and O–H groups in total. The molecule has 1 aliphatic rings. The third-order valence-electron chi connectivity index (χ3n) is 6.60. The molecule has 1 amide bonds. The highest BCUT2D eigenvalue weighted by molar-refractivity contribution is 7.89. The number of aromatic nitrogens is 1. The summed E-state index contributed by atoms with van der Waals surface area (Å²) in [4.78, 5) is 19.6. The number of amides is 1. The lowest BCUT2D eigenvalue weighted by Gasteiger charge is -2.37. The fourth-order valence-corrected chi connectivity index (χ4v) is 5.39. The molecule has 3 atom stereocenters. The number of aliphatic hydroxyl groups excluding tert-OH is 1. The van der Waals surface area contributed by atoms with Gasteiger partial charge in [0.2, 0.25) is 15.9 Å². The highest BCUT2D eigenvalue weighted by Gasteiger charge is 2.35. The zero-order valence-electron chi connectivity index (χ0n) is 21.9. The Hall–Kier alpha value is -3.78. The zero-order chi connectivity index (χ0) is 28.2. The maximum absolute atomic E-state index is 13.6. The third kappa shape index (κ3) is 6.45. The van der Waals surface area contributed by atoms with Crippen molar-refractivity contribution in [3.05, 3.63) is 89.4 Å². The molecule has 2 aromatic carbocycles. The molecule has 0 aliphatic carbocycles. The van der Waals surface area contributed by atoms with Crippen LogP contribution in [0.1, 0.15) is 35.3 Å². The number of fused-ring (bicyclic) bond motifs is 1. The number of hydrogen-bond acceptors (Lipinski definition) is 6. The number of sulfonamides is 1. The van der Waals surface area contributed by atoms with E-state index in [0.717, 1.165) is 0 Å². The number of aliphatic hydroxyl groups is 1. The molecule has 0 saturated carbocycles. The van der Waals surface area contributed by atoms with Gasteiger partial charge in [-0.15, -0.1) is 0 Å². The van der Waals surface area contributed by atoms with Crippen molar-refractivity contribution in [3.8, 4) is 17.7 Å². The Morgan fingerprint density at radius 3 is 2.49 bits per heavy atom. The van der Waals surface area contributed by atoms with E-state index < -0.39 is 22.2 Å². The Labute approximate surface area is 228 Å². The average molecular weight is 552 g/mol. The second-order valence-corrected chi connectivity index (χ2v) is 11.6. The molecule has 8 nitrogen and oxygen atoms in total. The lowest BCUT2D eigenvalue weighted by Crippen LogP contribution is -2.50. The predicted molar refractivity (Wildman–Crippen MR) is 144 cm³/mol. The Morgan fingerprint density at radius 1 is 1.15 bits per heavy atom. The first-order valence-electron chi connectivity index (χ1n) is 12.5. The molecule has 0 unspecified atom stereocenters. The van der Waals surface area contributed by atoms with Crippen molar-refractivity contribution in [2.45, 2.75) is 30.9 Å². The van der Waals surface area contributed by atoms with E-state index in [1.54, 1.807) is 48.2 Å². The normalized spacial score (nSPS) is 18.3. The smallest absolute Gasteiger partial charge is 0.259 e. The van der Waals surface area contributed by atoms with Gasteiger partial charge in [-0.1, -0.05) is 37.0 Å². The van der Waals surface area contributed by atoms with Crippen LogP contribution in [-0.2, 0) is 10.0 Å². The molecule has 39 heavy (non-hydrogen) atoms. The first-order chi connectivity index (χ1) is 18.6. The number of benzene rings is 2. The van der Waals surface area contributed by atoms with Gasteiger partial charge in [-0.2, -0.15) is 4.31 Å². The summed E-state index contributed by atoms with van der Waals surface area (Å²) < 4.78 is 46.9. The average Bonchev–Trinajstić information content (AvgIpc) is 2.94. The first kappa shape index (κ1) is 28.2. The summed E-state index contributed by atoms with van der Waals surface area (Å²) in [6.45, 7) is 3.60. The number of pyridine rings is 1. The van der Waals surface area contributed by atoms with E-state index in [9.17, 15) is 22.7 Å². The van der Waals surface area contributed by atoms with Crippen molar-refractivity contribution in [3.63, 3.8) is 0 Å². The number of ether oxygens (including phenoxy) is 1. The van der Waals surface area contributed by atoms with E-state index in [-0.39, 0.29) is 53.7 Å². The Kier molecular flexibility index (Phi) is 8.65. The van der Waals surface area contributed by atoms with Crippen molar-refractivity contribution in [1.82, 2.24) is 14.2 Å². The van der Waals surface area contributed by atoms with Crippen molar-refractivity contribution in [2.24, 2.45) is 5.92 Å². The zero-order valence-corrected chi connectivity index (χ0v) is 22.7. The van der Waals surface area contributed by atoms with Crippen LogP contribution < -0.4 is 4.74 Å². The summed E-state index contributed by atoms with van der Waals surface area (Å²) in [6, 6.07) is 14.9. The number of halogens is 1. The number of rotatable bonds is 6. The Balaban J connectivity index is 1.68. The van der Waals surface area contributed by atoms with Crippen LogP contribution in [0.15, 0.2) is 71.8 Å². The fourth-order valence-electron chi connectivity index (χ4n) is 4.19. The topological polar surface area (TPSA) is 100 Å². The van der Waals surface area contributed by atoms with Gasteiger partial charge in [-0.3, -0.25) is 4.79 Å². The molecule has 0 radical (unpaired) electrons. The monoisotopic (exact) mass is 551 g/mol. The van der Waals surface area contributed by atoms with Gasteiger partial charge in [-0.05, 0) is 49.4 Å². The van der Waals surface area contributed by atoms with E-state index in [0.29, 0.717) is 11.1 Å². The molecule has 204 valence electrons. The number of likely N-dealkylation sites (N-methyl/N-ethyl adjacent to an activating group) is 1. The standard InChI is InChI=1S/C29H30FN3O5S/c1-20-17-33(21(2)19-34)29(35)26-15-23(10-9-22-11-13-24(30)14-12-22)16-31-28(26)38-27(20)18-32(3)39(36,37)25-7-5-4-6-8-25/h4-8,11-16,20-21,27,34H,17-19H2,1-3H3/t20-,21+,27-/m0/s1. The maximum Gasteiger partial charge on any atom is 0.259 e. The van der Waals surface area contributed by atoms with E-state index in [2.05, 4.69) is 16.8 Å². The minimum atomic E-state index is -3.78.